The van der Waals surface area contributed by atoms with Crippen molar-refractivity contribution in [2.45, 2.75) is 44.7 Å². The van der Waals surface area contributed by atoms with Crippen LogP contribution in [0.4, 0.5) is 4.79 Å². The molecule has 1 rings (SSSR count). The highest BCUT2D eigenvalue weighted by Gasteiger charge is 2.31. The van der Waals surface area contributed by atoms with Crippen LogP contribution in [0.25, 0.3) is 0 Å². The Hall–Kier alpha value is -1.63. The van der Waals surface area contributed by atoms with E-state index in [4.69, 9.17) is 5.11 Å². The highest BCUT2D eigenvalue weighted by Crippen LogP contribution is 2.22. The van der Waals surface area contributed by atoms with Gasteiger partial charge in [0.25, 0.3) is 0 Å². The number of carboxylic acid groups (broad SMARTS) is 1. The SMILES string of the molecule is CNC(=O)NC(=O)C(C)N1CCCCC1CC(=O)O. The Balaban J connectivity index is 2.65. The van der Waals surface area contributed by atoms with Crippen LogP contribution in [0.5, 0.6) is 0 Å². The fraction of sp³-hybridized carbons (Fsp3) is 0.750. The fourth-order valence-electron chi connectivity index (χ4n) is 2.38. The van der Waals surface area contributed by atoms with Crippen molar-refractivity contribution >= 4 is 17.9 Å². The van der Waals surface area contributed by atoms with E-state index < -0.39 is 23.9 Å². The lowest BCUT2D eigenvalue weighted by Crippen LogP contribution is -2.54. The lowest BCUT2D eigenvalue weighted by atomic mass is 9.97. The zero-order chi connectivity index (χ0) is 14.4. The molecule has 1 heterocycles. The summed E-state index contributed by atoms with van der Waals surface area (Å²) in [5.41, 5.74) is 0. The number of aliphatic carboxylic acids is 1. The van der Waals surface area contributed by atoms with E-state index in [1.807, 2.05) is 4.90 Å². The number of imide groups is 1. The number of rotatable bonds is 4. The third kappa shape index (κ3) is 4.51. The minimum absolute atomic E-state index is 0.0254. The van der Waals surface area contributed by atoms with Crippen molar-refractivity contribution in [1.29, 1.82) is 0 Å². The molecule has 1 saturated heterocycles. The third-order valence-corrected chi connectivity index (χ3v) is 3.42. The fourth-order valence-corrected chi connectivity index (χ4v) is 2.38. The molecule has 2 unspecified atom stereocenters. The maximum absolute atomic E-state index is 11.9. The third-order valence-electron chi connectivity index (χ3n) is 3.42. The van der Waals surface area contributed by atoms with Crippen LogP contribution in [-0.2, 0) is 9.59 Å². The highest BCUT2D eigenvalue weighted by atomic mass is 16.4. The first-order valence-electron chi connectivity index (χ1n) is 6.45. The second kappa shape index (κ2) is 7.08. The van der Waals surface area contributed by atoms with Crippen molar-refractivity contribution in [1.82, 2.24) is 15.5 Å². The van der Waals surface area contributed by atoms with Crippen molar-refractivity contribution in [3.05, 3.63) is 0 Å². The second-order valence-corrected chi connectivity index (χ2v) is 4.73. The van der Waals surface area contributed by atoms with Crippen molar-refractivity contribution in [2.24, 2.45) is 0 Å². The van der Waals surface area contributed by atoms with Gasteiger partial charge in [-0.15, -0.1) is 0 Å². The number of hydrogen-bond donors (Lipinski definition) is 3. The Morgan fingerprint density at radius 2 is 2.05 bits per heavy atom. The molecule has 0 saturated carbocycles. The normalized spacial score (nSPS) is 21.5. The lowest BCUT2D eigenvalue weighted by Gasteiger charge is -2.38. The summed E-state index contributed by atoms with van der Waals surface area (Å²) in [5.74, 6) is -1.27. The van der Waals surface area contributed by atoms with Crippen molar-refractivity contribution in [3.8, 4) is 0 Å². The van der Waals surface area contributed by atoms with Crippen LogP contribution in [0.1, 0.15) is 32.6 Å². The molecular formula is C12H21N3O4. The first kappa shape index (κ1) is 15.4. The molecule has 3 amide bonds. The van der Waals surface area contributed by atoms with Gasteiger partial charge in [0.05, 0.1) is 12.5 Å². The number of nitrogens with one attached hydrogen (secondary N) is 2. The van der Waals surface area contributed by atoms with Crippen LogP contribution < -0.4 is 10.6 Å². The summed E-state index contributed by atoms with van der Waals surface area (Å²) in [7, 11) is 1.43. The predicted molar refractivity (Wildman–Crippen MR) is 68.7 cm³/mol. The zero-order valence-electron chi connectivity index (χ0n) is 11.3. The van der Waals surface area contributed by atoms with E-state index in [2.05, 4.69) is 10.6 Å². The first-order valence-corrected chi connectivity index (χ1v) is 6.45. The average Bonchev–Trinajstić information content (AvgIpc) is 2.37. The molecule has 19 heavy (non-hydrogen) atoms. The molecule has 0 bridgehead atoms. The standard InChI is InChI=1S/C12H21N3O4/c1-8(11(18)14-12(19)13-2)15-6-4-3-5-9(15)7-10(16)17/h8-9H,3-7H2,1-2H3,(H,16,17)(H2,13,14,18,19). The molecule has 0 aromatic carbocycles. The predicted octanol–water partition coefficient (Wildman–Crippen LogP) is 0.160. The van der Waals surface area contributed by atoms with Crippen LogP contribution in [0.3, 0.4) is 0 Å². The van der Waals surface area contributed by atoms with E-state index in [9.17, 15) is 14.4 Å². The van der Waals surface area contributed by atoms with Crippen molar-refractivity contribution < 1.29 is 19.5 Å². The summed E-state index contributed by atoms with van der Waals surface area (Å²) in [4.78, 5) is 35.7. The number of nitrogens with zero attached hydrogens (tertiary/aromatic N) is 1. The molecule has 2 atom stereocenters. The minimum atomic E-state index is -0.865. The van der Waals surface area contributed by atoms with Gasteiger partial charge in [-0.2, -0.15) is 0 Å². The van der Waals surface area contributed by atoms with Crippen LogP contribution in [-0.4, -0.2) is 53.6 Å². The summed E-state index contributed by atoms with van der Waals surface area (Å²) in [6.07, 6.45) is 2.70. The van der Waals surface area contributed by atoms with Crippen LogP contribution >= 0.6 is 0 Å². The van der Waals surface area contributed by atoms with Gasteiger partial charge in [0.2, 0.25) is 5.91 Å². The summed E-state index contributed by atoms with van der Waals surface area (Å²) in [6.45, 7) is 2.37. The van der Waals surface area contributed by atoms with Crippen molar-refractivity contribution in [3.63, 3.8) is 0 Å². The molecule has 3 N–H and O–H groups in total. The number of carboxylic acids is 1. The van der Waals surface area contributed by atoms with Crippen LogP contribution in [0, 0.1) is 0 Å². The van der Waals surface area contributed by atoms with Gasteiger partial charge in [0.15, 0.2) is 0 Å². The van der Waals surface area contributed by atoms with Gasteiger partial charge in [0, 0.05) is 13.1 Å². The molecule has 7 nitrogen and oxygen atoms in total. The van der Waals surface area contributed by atoms with E-state index in [1.165, 1.54) is 7.05 Å². The van der Waals surface area contributed by atoms with Crippen LogP contribution in [0.15, 0.2) is 0 Å². The number of likely N-dealkylation sites (tertiary alicyclic amines) is 1. The summed E-state index contributed by atoms with van der Waals surface area (Å²) >= 11 is 0. The Kier molecular flexibility index (Phi) is 5.75. The summed E-state index contributed by atoms with van der Waals surface area (Å²) < 4.78 is 0. The Bertz CT molecular complexity index is 359. The van der Waals surface area contributed by atoms with Crippen LogP contribution in [0.2, 0.25) is 0 Å². The molecule has 7 heteroatoms. The number of amides is 3. The minimum Gasteiger partial charge on any atom is -0.481 e. The molecule has 0 aliphatic carbocycles. The van der Waals surface area contributed by atoms with E-state index in [0.717, 1.165) is 19.3 Å². The smallest absolute Gasteiger partial charge is 0.321 e. The van der Waals surface area contributed by atoms with E-state index in [-0.39, 0.29) is 12.5 Å². The maximum Gasteiger partial charge on any atom is 0.321 e. The molecule has 0 radical (unpaired) electrons. The highest BCUT2D eigenvalue weighted by molar-refractivity contribution is 5.96. The maximum atomic E-state index is 11.9. The number of hydrogen-bond acceptors (Lipinski definition) is 4. The quantitative estimate of drug-likeness (QED) is 0.676. The van der Waals surface area contributed by atoms with Gasteiger partial charge in [-0.25, -0.2) is 4.79 Å². The van der Waals surface area contributed by atoms with Gasteiger partial charge in [-0.1, -0.05) is 6.42 Å². The number of urea groups is 1. The number of carbonyl (C=O) groups excluding carboxylic acids is 2. The molecule has 108 valence electrons. The second-order valence-electron chi connectivity index (χ2n) is 4.73. The molecule has 0 spiro atoms. The summed E-state index contributed by atoms with van der Waals surface area (Å²) in [5, 5.41) is 13.4. The van der Waals surface area contributed by atoms with Gasteiger partial charge in [-0.3, -0.25) is 19.8 Å². The van der Waals surface area contributed by atoms with E-state index in [0.29, 0.717) is 6.54 Å². The number of piperidine rings is 1. The van der Waals surface area contributed by atoms with Gasteiger partial charge >= 0.3 is 12.0 Å². The first-order chi connectivity index (χ1) is 8.95. The molecule has 1 aliphatic rings. The number of carbonyl (C=O) groups is 3. The van der Waals surface area contributed by atoms with Crippen molar-refractivity contribution in [2.75, 3.05) is 13.6 Å². The monoisotopic (exact) mass is 271 g/mol. The molecular weight excluding hydrogens is 250 g/mol. The topological polar surface area (TPSA) is 98.7 Å². The summed E-state index contributed by atoms with van der Waals surface area (Å²) in [6, 6.07) is -1.21. The largest absolute Gasteiger partial charge is 0.481 e. The molecule has 0 aromatic rings. The Labute approximate surface area is 112 Å². The van der Waals surface area contributed by atoms with E-state index >= 15 is 0 Å². The zero-order valence-corrected chi connectivity index (χ0v) is 11.3. The van der Waals surface area contributed by atoms with Gasteiger partial charge in [0.1, 0.15) is 0 Å². The lowest BCUT2D eigenvalue weighted by molar-refractivity contribution is -0.140. The van der Waals surface area contributed by atoms with E-state index in [1.54, 1.807) is 6.92 Å². The molecule has 0 aromatic heterocycles. The molecule has 1 fully saturated rings. The Morgan fingerprint density at radius 3 is 2.63 bits per heavy atom. The Morgan fingerprint density at radius 1 is 1.37 bits per heavy atom. The van der Waals surface area contributed by atoms with Gasteiger partial charge in [-0.05, 0) is 26.3 Å². The average molecular weight is 271 g/mol. The van der Waals surface area contributed by atoms with Gasteiger partial charge < -0.3 is 10.4 Å². The molecule has 1 aliphatic heterocycles.